The Balaban J connectivity index is 1.60. The number of aryl methyl sites for hydroxylation is 1. The number of hydrogen-bond donors (Lipinski definition) is 0. The van der Waals surface area contributed by atoms with Crippen molar-refractivity contribution in [2.45, 2.75) is 45.1 Å². The topological polar surface area (TPSA) is 66.2 Å². The molecule has 3 rings (SSSR count). The molecular formula is C20H31N3O4. The lowest BCUT2D eigenvalue weighted by Crippen LogP contribution is -2.49. The summed E-state index contributed by atoms with van der Waals surface area (Å²) in [5, 5.41) is 0. The van der Waals surface area contributed by atoms with Gasteiger partial charge in [-0.2, -0.15) is 0 Å². The number of piperidine rings is 1. The van der Waals surface area contributed by atoms with Crippen molar-refractivity contribution in [3.63, 3.8) is 0 Å². The summed E-state index contributed by atoms with van der Waals surface area (Å²) in [5.74, 6) is 1.77. The van der Waals surface area contributed by atoms with Gasteiger partial charge in [-0.3, -0.25) is 4.79 Å². The summed E-state index contributed by atoms with van der Waals surface area (Å²) in [6, 6.07) is 1.87. The van der Waals surface area contributed by atoms with Crippen molar-refractivity contribution in [3.05, 3.63) is 23.2 Å². The predicted molar refractivity (Wildman–Crippen MR) is 102 cm³/mol. The second kappa shape index (κ2) is 7.54. The monoisotopic (exact) mass is 377 g/mol. The van der Waals surface area contributed by atoms with Crippen LogP contribution in [0.1, 0.15) is 54.5 Å². The molecule has 150 valence electrons. The first kappa shape index (κ1) is 19.7. The van der Waals surface area contributed by atoms with Gasteiger partial charge in [0.2, 0.25) is 0 Å². The molecule has 1 spiro atoms. The number of likely N-dealkylation sites (N-methyl/N-ethyl adjacent to an activating group) is 1. The van der Waals surface area contributed by atoms with Crippen molar-refractivity contribution >= 4 is 12.0 Å². The number of rotatable bonds is 5. The number of carbonyl (C=O) groups is 2. The first-order valence-electron chi connectivity index (χ1n) is 9.73. The van der Waals surface area contributed by atoms with Crippen LogP contribution in [0.2, 0.25) is 0 Å². The highest BCUT2D eigenvalue weighted by molar-refractivity contribution is 5.95. The predicted octanol–water partition coefficient (Wildman–Crippen LogP) is 2.70. The van der Waals surface area contributed by atoms with E-state index in [0.717, 1.165) is 12.3 Å². The van der Waals surface area contributed by atoms with E-state index in [9.17, 15) is 9.59 Å². The zero-order valence-electron chi connectivity index (χ0n) is 17.1. The van der Waals surface area contributed by atoms with Crippen LogP contribution in [0.3, 0.4) is 0 Å². The van der Waals surface area contributed by atoms with Gasteiger partial charge in [0, 0.05) is 44.9 Å². The van der Waals surface area contributed by atoms with Crippen LogP contribution in [0, 0.1) is 6.92 Å². The summed E-state index contributed by atoms with van der Waals surface area (Å²) in [6.45, 7) is 9.22. The van der Waals surface area contributed by atoms with Gasteiger partial charge in [0.25, 0.3) is 5.91 Å². The van der Waals surface area contributed by atoms with Gasteiger partial charge < -0.3 is 23.9 Å². The van der Waals surface area contributed by atoms with Crippen molar-refractivity contribution in [3.8, 4) is 0 Å². The smallest absolute Gasteiger partial charge is 0.410 e. The van der Waals surface area contributed by atoms with Crippen LogP contribution >= 0.6 is 0 Å². The van der Waals surface area contributed by atoms with E-state index in [2.05, 4.69) is 4.90 Å². The molecule has 3 heterocycles. The Kier molecular flexibility index (Phi) is 5.51. The summed E-state index contributed by atoms with van der Waals surface area (Å²) in [7, 11) is 3.98. The summed E-state index contributed by atoms with van der Waals surface area (Å²) in [4.78, 5) is 30.8. The maximum Gasteiger partial charge on any atom is 0.410 e. The van der Waals surface area contributed by atoms with E-state index in [4.69, 9.17) is 9.15 Å². The molecule has 1 aromatic rings. The number of furan rings is 1. The minimum absolute atomic E-state index is 0.00628. The molecule has 2 aliphatic heterocycles. The average molecular weight is 377 g/mol. The van der Waals surface area contributed by atoms with Crippen molar-refractivity contribution in [1.82, 2.24) is 14.7 Å². The molecular weight excluding hydrogens is 346 g/mol. The molecule has 2 saturated heterocycles. The van der Waals surface area contributed by atoms with Crippen LogP contribution in [0.15, 0.2) is 10.5 Å². The molecule has 0 aromatic carbocycles. The maximum atomic E-state index is 12.9. The Bertz CT molecular complexity index is 702. The molecule has 2 aliphatic rings. The third-order valence-corrected chi connectivity index (χ3v) is 5.56. The fraction of sp³-hybridized carbons (Fsp3) is 0.700. The first-order chi connectivity index (χ1) is 12.7. The number of ether oxygens (including phenoxy) is 1. The molecule has 0 N–H and O–H groups in total. The SMILES string of the molecule is Cc1oc(C(C)C)cc1C(=O)N1CCC2(CC1)CN(CCN(C)C)C(=O)O2. The largest absolute Gasteiger partial charge is 0.465 e. The lowest BCUT2D eigenvalue weighted by Gasteiger charge is -2.37. The van der Waals surface area contributed by atoms with Gasteiger partial charge in [-0.25, -0.2) is 4.79 Å². The quantitative estimate of drug-likeness (QED) is 0.789. The normalized spacial score (nSPS) is 19.4. The lowest BCUT2D eigenvalue weighted by atomic mass is 9.91. The van der Waals surface area contributed by atoms with Crippen molar-refractivity contribution in [2.75, 3.05) is 46.8 Å². The summed E-state index contributed by atoms with van der Waals surface area (Å²) in [6.07, 6.45) is 1.12. The molecule has 0 aliphatic carbocycles. The lowest BCUT2D eigenvalue weighted by molar-refractivity contribution is 0.00309. The number of amides is 2. The zero-order chi connectivity index (χ0) is 19.8. The summed E-state index contributed by atoms with van der Waals surface area (Å²) < 4.78 is 11.5. The Hall–Kier alpha value is -2.02. The van der Waals surface area contributed by atoms with Gasteiger partial charge in [0.05, 0.1) is 12.1 Å². The molecule has 0 radical (unpaired) electrons. The average Bonchev–Trinajstić information content (AvgIpc) is 3.14. The number of nitrogens with zero attached hydrogens (tertiary/aromatic N) is 3. The molecule has 0 unspecified atom stereocenters. The second-order valence-electron chi connectivity index (χ2n) is 8.34. The van der Waals surface area contributed by atoms with Gasteiger partial charge in [0.1, 0.15) is 17.1 Å². The van der Waals surface area contributed by atoms with Crippen LogP contribution in [-0.4, -0.2) is 79.1 Å². The highest BCUT2D eigenvalue weighted by atomic mass is 16.6. The molecule has 2 fully saturated rings. The highest BCUT2D eigenvalue weighted by Crippen LogP contribution is 2.34. The van der Waals surface area contributed by atoms with Gasteiger partial charge >= 0.3 is 6.09 Å². The van der Waals surface area contributed by atoms with E-state index in [0.29, 0.717) is 50.3 Å². The molecule has 0 bridgehead atoms. The zero-order valence-corrected chi connectivity index (χ0v) is 17.1. The fourth-order valence-corrected chi connectivity index (χ4v) is 3.74. The molecule has 27 heavy (non-hydrogen) atoms. The van der Waals surface area contributed by atoms with Crippen LogP contribution in [0.4, 0.5) is 4.79 Å². The molecule has 7 nitrogen and oxygen atoms in total. The van der Waals surface area contributed by atoms with Gasteiger partial charge in [-0.1, -0.05) is 13.8 Å². The minimum atomic E-state index is -0.450. The third kappa shape index (κ3) is 4.13. The Labute approximate surface area is 161 Å². The van der Waals surface area contributed by atoms with E-state index < -0.39 is 5.60 Å². The number of hydrogen-bond acceptors (Lipinski definition) is 5. The van der Waals surface area contributed by atoms with E-state index >= 15 is 0 Å². The Morgan fingerprint density at radius 1 is 1.30 bits per heavy atom. The Morgan fingerprint density at radius 2 is 1.96 bits per heavy atom. The van der Waals surface area contributed by atoms with E-state index in [1.54, 1.807) is 4.90 Å². The summed E-state index contributed by atoms with van der Waals surface area (Å²) >= 11 is 0. The van der Waals surface area contributed by atoms with Gasteiger partial charge in [-0.15, -0.1) is 0 Å². The van der Waals surface area contributed by atoms with Gasteiger partial charge in [-0.05, 0) is 27.1 Å². The molecule has 7 heteroatoms. The van der Waals surface area contributed by atoms with Gasteiger partial charge in [0.15, 0.2) is 0 Å². The standard InChI is InChI=1S/C20H31N3O4/c1-14(2)17-12-16(15(3)26-17)18(24)22-8-6-20(7-9-22)13-23(19(25)27-20)11-10-21(4)5/h12,14H,6-11,13H2,1-5H3. The van der Waals surface area contributed by atoms with Crippen LogP contribution < -0.4 is 0 Å². The molecule has 0 saturated carbocycles. The fourth-order valence-electron chi connectivity index (χ4n) is 3.74. The molecule has 2 amide bonds. The third-order valence-electron chi connectivity index (χ3n) is 5.56. The Morgan fingerprint density at radius 3 is 2.52 bits per heavy atom. The number of likely N-dealkylation sites (tertiary alicyclic amines) is 1. The van der Waals surface area contributed by atoms with Crippen molar-refractivity contribution < 1.29 is 18.7 Å². The first-order valence-corrected chi connectivity index (χ1v) is 9.73. The second-order valence-corrected chi connectivity index (χ2v) is 8.34. The maximum absolute atomic E-state index is 12.9. The van der Waals surface area contributed by atoms with E-state index in [-0.39, 0.29) is 17.9 Å². The summed E-state index contributed by atoms with van der Waals surface area (Å²) in [5.41, 5.74) is 0.194. The minimum Gasteiger partial charge on any atom is -0.465 e. The van der Waals surface area contributed by atoms with Crippen LogP contribution in [0.5, 0.6) is 0 Å². The molecule has 0 atom stereocenters. The van der Waals surface area contributed by atoms with Crippen LogP contribution in [0.25, 0.3) is 0 Å². The van der Waals surface area contributed by atoms with E-state index in [1.807, 2.05) is 45.8 Å². The molecule has 1 aromatic heterocycles. The van der Waals surface area contributed by atoms with Crippen LogP contribution in [-0.2, 0) is 4.74 Å². The van der Waals surface area contributed by atoms with Crippen molar-refractivity contribution in [1.29, 1.82) is 0 Å². The van der Waals surface area contributed by atoms with Crippen molar-refractivity contribution in [2.24, 2.45) is 0 Å². The van der Waals surface area contributed by atoms with E-state index in [1.165, 1.54) is 0 Å². The highest BCUT2D eigenvalue weighted by Gasteiger charge is 2.47. The number of carbonyl (C=O) groups excluding carboxylic acids is 2.